The number of H-pyrrole nitrogens is 1. The molecule has 1 aromatic carbocycles. The van der Waals surface area contributed by atoms with Gasteiger partial charge in [0.1, 0.15) is 17.2 Å². The van der Waals surface area contributed by atoms with Gasteiger partial charge in [0.2, 0.25) is 0 Å². The van der Waals surface area contributed by atoms with Crippen LogP contribution in [-0.4, -0.2) is 21.7 Å². The van der Waals surface area contributed by atoms with Crippen molar-refractivity contribution in [2.75, 3.05) is 0 Å². The summed E-state index contributed by atoms with van der Waals surface area (Å²) >= 11 is 3.39. The summed E-state index contributed by atoms with van der Waals surface area (Å²) in [5.41, 5.74) is 2.92. The summed E-state index contributed by atoms with van der Waals surface area (Å²) in [6, 6.07) is 11.5. The number of hydrogen-bond donors (Lipinski definition) is 2. The molecule has 0 saturated carbocycles. The molecule has 1 aliphatic rings. The van der Waals surface area contributed by atoms with Crippen LogP contribution in [0.5, 0.6) is 0 Å². The number of aromatic nitrogens is 2. The lowest BCUT2D eigenvalue weighted by Gasteiger charge is -1.99. The van der Waals surface area contributed by atoms with Gasteiger partial charge in [0.25, 0.3) is 5.91 Å². The fraction of sp³-hybridized carbons (Fsp3) is 0. The van der Waals surface area contributed by atoms with E-state index >= 15 is 0 Å². The van der Waals surface area contributed by atoms with Crippen molar-refractivity contribution in [1.29, 1.82) is 0 Å². The van der Waals surface area contributed by atoms with Crippen LogP contribution in [-0.2, 0) is 4.79 Å². The first-order chi connectivity index (χ1) is 11.2. The molecule has 23 heavy (non-hydrogen) atoms. The topological polar surface area (TPSA) is 70.1 Å². The molecule has 0 atom stereocenters. The third kappa shape index (κ3) is 2.57. The van der Waals surface area contributed by atoms with Gasteiger partial charge in [-0.25, -0.2) is 9.98 Å². The van der Waals surface area contributed by atoms with Crippen molar-refractivity contribution in [3.8, 4) is 0 Å². The van der Waals surface area contributed by atoms with Gasteiger partial charge in [0.15, 0.2) is 0 Å². The van der Waals surface area contributed by atoms with Gasteiger partial charge in [-0.1, -0.05) is 28.1 Å². The molecule has 2 aromatic heterocycles. The van der Waals surface area contributed by atoms with Gasteiger partial charge in [0.05, 0.1) is 0 Å². The van der Waals surface area contributed by atoms with E-state index < -0.39 is 0 Å². The Balaban J connectivity index is 1.73. The Hall–Kier alpha value is -2.73. The molecule has 1 aliphatic heterocycles. The maximum Gasteiger partial charge on any atom is 0.275 e. The van der Waals surface area contributed by atoms with Crippen LogP contribution in [0.25, 0.3) is 17.1 Å². The van der Waals surface area contributed by atoms with E-state index in [1.165, 1.54) is 0 Å². The molecule has 4 rings (SSSR count). The molecular weight excluding hydrogens is 356 g/mol. The Labute approximate surface area is 140 Å². The van der Waals surface area contributed by atoms with Gasteiger partial charge < -0.3 is 10.3 Å². The molecule has 5 nitrogen and oxygen atoms in total. The minimum atomic E-state index is -0.207. The van der Waals surface area contributed by atoms with Crippen LogP contribution in [0.3, 0.4) is 0 Å². The van der Waals surface area contributed by atoms with Crippen LogP contribution in [0, 0.1) is 0 Å². The fourth-order valence-corrected chi connectivity index (χ4v) is 2.72. The van der Waals surface area contributed by atoms with E-state index in [9.17, 15) is 4.79 Å². The Morgan fingerprint density at radius 1 is 1.13 bits per heavy atom. The Bertz CT molecular complexity index is 970. The van der Waals surface area contributed by atoms with E-state index in [1.807, 2.05) is 42.6 Å². The summed E-state index contributed by atoms with van der Waals surface area (Å²) in [5, 5.41) is 3.76. The number of rotatable bonds is 2. The summed E-state index contributed by atoms with van der Waals surface area (Å²) in [6.45, 7) is 0. The number of pyridine rings is 1. The zero-order chi connectivity index (χ0) is 15.8. The van der Waals surface area contributed by atoms with E-state index in [2.05, 4.69) is 36.2 Å². The minimum absolute atomic E-state index is 0.207. The van der Waals surface area contributed by atoms with Crippen LogP contribution < -0.4 is 5.32 Å². The number of halogens is 1. The normalized spacial score (nSPS) is 16.0. The van der Waals surface area contributed by atoms with Crippen molar-refractivity contribution in [1.82, 2.24) is 15.3 Å². The number of carbonyl (C=O) groups is 1. The number of hydrogen-bond acceptors (Lipinski definition) is 3. The molecule has 112 valence electrons. The van der Waals surface area contributed by atoms with E-state index in [1.54, 1.807) is 12.3 Å². The van der Waals surface area contributed by atoms with Gasteiger partial charge in [-0.3, -0.25) is 4.79 Å². The zero-order valence-corrected chi connectivity index (χ0v) is 13.5. The Kier molecular flexibility index (Phi) is 3.31. The molecule has 0 bridgehead atoms. The zero-order valence-electron chi connectivity index (χ0n) is 11.9. The first-order valence-corrected chi connectivity index (χ1v) is 7.80. The number of nitrogens with zero attached hydrogens (tertiary/aromatic N) is 2. The van der Waals surface area contributed by atoms with Gasteiger partial charge in [-0.05, 0) is 30.3 Å². The molecule has 3 aromatic rings. The molecule has 0 radical (unpaired) electrons. The van der Waals surface area contributed by atoms with Crippen molar-refractivity contribution in [2.45, 2.75) is 0 Å². The molecule has 0 saturated heterocycles. The number of aromatic amines is 1. The smallest absolute Gasteiger partial charge is 0.275 e. The quantitative estimate of drug-likeness (QED) is 0.683. The fourth-order valence-electron chi connectivity index (χ4n) is 2.46. The number of carbonyl (C=O) groups excluding carboxylic acids is 1. The second-order valence-electron chi connectivity index (χ2n) is 5.09. The van der Waals surface area contributed by atoms with Gasteiger partial charge >= 0.3 is 0 Å². The average Bonchev–Trinajstić information content (AvgIpc) is 3.13. The van der Waals surface area contributed by atoms with E-state index in [0.717, 1.165) is 26.6 Å². The SMILES string of the molecule is O=C1NC(c2ccc(Br)cc2)=NC1=Cc1c[nH]c2ncccc12. The molecular formula is C17H11BrN4O. The highest BCUT2D eigenvalue weighted by Crippen LogP contribution is 2.21. The largest absolute Gasteiger partial charge is 0.346 e. The number of fused-ring (bicyclic) bond motifs is 1. The van der Waals surface area contributed by atoms with E-state index in [4.69, 9.17) is 0 Å². The minimum Gasteiger partial charge on any atom is -0.346 e. The molecule has 0 aliphatic carbocycles. The number of amidine groups is 1. The van der Waals surface area contributed by atoms with Crippen LogP contribution in [0.15, 0.2) is 64.0 Å². The van der Waals surface area contributed by atoms with Crippen LogP contribution in [0.4, 0.5) is 0 Å². The van der Waals surface area contributed by atoms with Gasteiger partial charge in [0, 0.05) is 33.4 Å². The first kappa shape index (κ1) is 13.9. The lowest BCUT2D eigenvalue weighted by Crippen LogP contribution is -2.24. The third-order valence-corrected chi connectivity index (χ3v) is 4.12. The van der Waals surface area contributed by atoms with E-state index in [-0.39, 0.29) is 5.91 Å². The summed E-state index contributed by atoms with van der Waals surface area (Å²) in [7, 11) is 0. The first-order valence-electron chi connectivity index (χ1n) is 7.00. The third-order valence-electron chi connectivity index (χ3n) is 3.59. The Morgan fingerprint density at radius 2 is 1.96 bits per heavy atom. The second-order valence-corrected chi connectivity index (χ2v) is 6.01. The van der Waals surface area contributed by atoms with Crippen molar-refractivity contribution < 1.29 is 4.79 Å². The summed E-state index contributed by atoms with van der Waals surface area (Å²) in [4.78, 5) is 23.9. The molecule has 1 amide bonds. The monoisotopic (exact) mass is 366 g/mol. The summed E-state index contributed by atoms with van der Waals surface area (Å²) in [6.07, 6.45) is 5.31. The average molecular weight is 367 g/mol. The predicted molar refractivity (Wildman–Crippen MR) is 92.9 cm³/mol. The standard InChI is InChI=1S/C17H11BrN4O/c18-12-5-3-10(4-6-12)15-21-14(17(23)22-15)8-11-9-20-16-13(11)2-1-7-19-16/h1-9H,(H,19,20)(H,21,22,23). The Morgan fingerprint density at radius 3 is 2.78 bits per heavy atom. The van der Waals surface area contributed by atoms with E-state index in [0.29, 0.717) is 11.5 Å². The number of amides is 1. The van der Waals surface area contributed by atoms with Crippen molar-refractivity contribution in [3.05, 3.63) is 70.1 Å². The molecule has 0 fully saturated rings. The van der Waals surface area contributed by atoms with Crippen molar-refractivity contribution in [2.24, 2.45) is 4.99 Å². The van der Waals surface area contributed by atoms with Crippen molar-refractivity contribution >= 4 is 44.8 Å². The van der Waals surface area contributed by atoms with Gasteiger partial charge in [-0.15, -0.1) is 0 Å². The number of benzene rings is 1. The van der Waals surface area contributed by atoms with Crippen LogP contribution >= 0.6 is 15.9 Å². The molecule has 0 spiro atoms. The highest BCUT2D eigenvalue weighted by Gasteiger charge is 2.21. The molecule has 2 N–H and O–H groups in total. The van der Waals surface area contributed by atoms with Crippen LogP contribution in [0.1, 0.15) is 11.1 Å². The number of aliphatic imine (C=N–C) groups is 1. The van der Waals surface area contributed by atoms with Gasteiger partial charge in [-0.2, -0.15) is 0 Å². The molecule has 6 heteroatoms. The lowest BCUT2D eigenvalue weighted by molar-refractivity contribution is -0.115. The number of nitrogens with one attached hydrogen (secondary N) is 2. The summed E-state index contributed by atoms with van der Waals surface area (Å²) in [5.74, 6) is 0.355. The summed E-state index contributed by atoms with van der Waals surface area (Å²) < 4.78 is 0.980. The van der Waals surface area contributed by atoms with Crippen LogP contribution in [0.2, 0.25) is 0 Å². The maximum atomic E-state index is 12.2. The molecule has 3 heterocycles. The molecule has 0 unspecified atom stereocenters. The predicted octanol–water partition coefficient (Wildman–Crippen LogP) is 3.24. The second kappa shape index (κ2) is 5.48. The highest BCUT2D eigenvalue weighted by atomic mass is 79.9. The van der Waals surface area contributed by atoms with Crippen molar-refractivity contribution in [3.63, 3.8) is 0 Å². The maximum absolute atomic E-state index is 12.2. The highest BCUT2D eigenvalue weighted by molar-refractivity contribution is 9.10. The lowest BCUT2D eigenvalue weighted by atomic mass is 10.2.